The Morgan fingerprint density at radius 3 is 2.69 bits per heavy atom. The van der Waals surface area contributed by atoms with Gasteiger partial charge in [-0.25, -0.2) is 0 Å². The largest absolute Gasteiger partial charge is 0.461 e. The highest BCUT2D eigenvalue weighted by Gasteiger charge is 2.09. The second kappa shape index (κ2) is 4.41. The number of hydrogen-bond acceptors (Lipinski definition) is 3. The van der Waals surface area contributed by atoms with E-state index in [0.29, 0.717) is 12.1 Å². The molecule has 0 bridgehead atoms. The fraction of sp³-hybridized carbons (Fsp3) is 0.231. The Hall–Kier alpha value is -1.74. The van der Waals surface area contributed by atoms with Crippen molar-refractivity contribution in [3.63, 3.8) is 0 Å². The van der Waals surface area contributed by atoms with E-state index in [9.17, 15) is 0 Å². The van der Waals surface area contributed by atoms with E-state index < -0.39 is 0 Å². The summed E-state index contributed by atoms with van der Waals surface area (Å²) in [5, 5.41) is 8.93. The Kier molecular flexibility index (Phi) is 2.97. The van der Waals surface area contributed by atoms with Crippen LogP contribution in [-0.2, 0) is 6.42 Å². The summed E-state index contributed by atoms with van der Waals surface area (Å²) in [6.45, 7) is 2.00. The summed E-state index contributed by atoms with van der Waals surface area (Å²) in [7, 11) is 0. The number of furan rings is 1. The lowest BCUT2D eigenvalue weighted by Gasteiger charge is -2.08. The Morgan fingerprint density at radius 2 is 2.06 bits per heavy atom. The van der Waals surface area contributed by atoms with Crippen molar-refractivity contribution < 1.29 is 9.52 Å². The van der Waals surface area contributed by atoms with Crippen molar-refractivity contribution in [1.29, 1.82) is 0 Å². The molecule has 0 amide bonds. The molecule has 2 aromatic rings. The second-order valence-corrected chi connectivity index (χ2v) is 3.76. The molecule has 84 valence electrons. The fourth-order valence-electron chi connectivity index (χ4n) is 1.75. The summed E-state index contributed by atoms with van der Waals surface area (Å²) in [4.78, 5) is 0. The molecule has 0 aliphatic rings. The van der Waals surface area contributed by atoms with Crippen LogP contribution in [0.25, 0.3) is 11.3 Å². The molecule has 1 aromatic carbocycles. The normalized spacial score (nSPS) is 10.6. The van der Waals surface area contributed by atoms with E-state index >= 15 is 0 Å². The molecule has 0 aliphatic heterocycles. The Morgan fingerprint density at radius 1 is 1.25 bits per heavy atom. The summed E-state index contributed by atoms with van der Waals surface area (Å²) in [5.41, 5.74) is 8.57. The first kappa shape index (κ1) is 10.8. The molecule has 0 atom stereocenters. The van der Waals surface area contributed by atoms with Gasteiger partial charge >= 0.3 is 0 Å². The molecule has 3 heteroatoms. The van der Waals surface area contributed by atoms with Crippen molar-refractivity contribution >= 4 is 5.69 Å². The summed E-state index contributed by atoms with van der Waals surface area (Å²) < 4.78 is 5.54. The number of aliphatic hydroxyl groups is 1. The van der Waals surface area contributed by atoms with E-state index in [2.05, 4.69) is 0 Å². The molecule has 3 N–H and O–H groups in total. The highest BCUT2D eigenvalue weighted by atomic mass is 16.3. The van der Waals surface area contributed by atoms with Crippen LogP contribution in [0.4, 0.5) is 5.69 Å². The SMILES string of the molecule is Cc1ccc(-c2cccc(CCO)c2N)o1. The summed E-state index contributed by atoms with van der Waals surface area (Å²) >= 11 is 0. The highest BCUT2D eigenvalue weighted by Crippen LogP contribution is 2.30. The van der Waals surface area contributed by atoms with Crippen molar-refractivity contribution in [2.45, 2.75) is 13.3 Å². The third-order valence-corrected chi connectivity index (χ3v) is 2.58. The van der Waals surface area contributed by atoms with E-state index in [0.717, 1.165) is 22.6 Å². The van der Waals surface area contributed by atoms with Crippen LogP contribution in [0.1, 0.15) is 11.3 Å². The summed E-state index contributed by atoms with van der Waals surface area (Å²) in [6, 6.07) is 9.59. The first-order valence-corrected chi connectivity index (χ1v) is 5.27. The van der Waals surface area contributed by atoms with E-state index in [-0.39, 0.29) is 6.61 Å². The van der Waals surface area contributed by atoms with Gasteiger partial charge in [0.05, 0.1) is 0 Å². The highest BCUT2D eigenvalue weighted by molar-refractivity contribution is 5.75. The van der Waals surface area contributed by atoms with Gasteiger partial charge in [-0.3, -0.25) is 0 Å². The molecule has 1 heterocycles. The van der Waals surface area contributed by atoms with Crippen LogP contribution >= 0.6 is 0 Å². The first-order chi connectivity index (χ1) is 7.72. The monoisotopic (exact) mass is 217 g/mol. The number of para-hydroxylation sites is 1. The Balaban J connectivity index is 2.45. The molecule has 0 radical (unpaired) electrons. The third kappa shape index (κ3) is 1.95. The molecular formula is C13H15NO2. The minimum atomic E-state index is 0.102. The maximum Gasteiger partial charge on any atom is 0.136 e. The predicted octanol–water partition coefficient (Wildman–Crippen LogP) is 2.37. The van der Waals surface area contributed by atoms with E-state index in [1.54, 1.807) is 0 Å². The number of benzene rings is 1. The zero-order chi connectivity index (χ0) is 11.5. The number of nitrogens with two attached hydrogens (primary N) is 1. The van der Waals surface area contributed by atoms with E-state index in [4.69, 9.17) is 15.3 Å². The number of rotatable bonds is 3. The Bertz CT molecular complexity index is 488. The van der Waals surface area contributed by atoms with Gasteiger partial charge in [-0.2, -0.15) is 0 Å². The molecule has 0 unspecified atom stereocenters. The van der Waals surface area contributed by atoms with Gasteiger partial charge in [0.15, 0.2) is 0 Å². The number of anilines is 1. The van der Waals surface area contributed by atoms with Gasteiger partial charge in [-0.15, -0.1) is 0 Å². The van der Waals surface area contributed by atoms with Crippen LogP contribution in [0.5, 0.6) is 0 Å². The van der Waals surface area contributed by atoms with Gasteiger partial charge in [0, 0.05) is 17.9 Å². The van der Waals surface area contributed by atoms with Crippen molar-refractivity contribution in [3.05, 3.63) is 41.7 Å². The molecule has 0 saturated heterocycles. The van der Waals surface area contributed by atoms with Crippen LogP contribution in [0.15, 0.2) is 34.7 Å². The van der Waals surface area contributed by atoms with Crippen molar-refractivity contribution in [2.75, 3.05) is 12.3 Å². The molecule has 0 saturated carbocycles. The van der Waals surface area contributed by atoms with E-state index in [1.807, 2.05) is 37.3 Å². The van der Waals surface area contributed by atoms with Crippen molar-refractivity contribution in [2.24, 2.45) is 0 Å². The first-order valence-electron chi connectivity index (χ1n) is 5.27. The van der Waals surface area contributed by atoms with Crippen molar-refractivity contribution in [1.82, 2.24) is 0 Å². The lowest BCUT2D eigenvalue weighted by Crippen LogP contribution is -1.99. The maximum absolute atomic E-state index is 8.93. The van der Waals surface area contributed by atoms with Crippen LogP contribution in [0.2, 0.25) is 0 Å². The number of aryl methyl sites for hydroxylation is 1. The lowest BCUT2D eigenvalue weighted by atomic mass is 10.0. The minimum absolute atomic E-state index is 0.102. The molecular weight excluding hydrogens is 202 g/mol. The van der Waals surface area contributed by atoms with Crippen LogP contribution < -0.4 is 5.73 Å². The van der Waals surface area contributed by atoms with Gasteiger partial charge in [0.2, 0.25) is 0 Å². The van der Waals surface area contributed by atoms with Crippen LogP contribution in [-0.4, -0.2) is 11.7 Å². The zero-order valence-corrected chi connectivity index (χ0v) is 9.23. The third-order valence-electron chi connectivity index (χ3n) is 2.58. The lowest BCUT2D eigenvalue weighted by molar-refractivity contribution is 0.300. The second-order valence-electron chi connectivity index (χ2n) is 3.76. The molecule has 0 spiro atoms. The maximum atomic E-state index is 8.93. The van der Waals surface area contributed by atoms with Gasteiger partial charge in [0.25, 0.3) is 0 Å². The smallest absolute Gasteiger partial charge is 0.136 e. The number of nitrogen functional groups attached to an aromatic ring is 1. The molecule has 3 nitrogen and oxygen atoms in total. The fourth-order valence-corrected chi connectivity index (χ4v) is 1.75. The average Bonchev–Trinajstić information content (AvgIpc) is 2.68. The molecule has 0 fully saturated rings. The number of aliphatic hydroxyl groups excluding tert-OH is 1. The summed E-state index contributed by atoms with van der Waals surface area (Å²) in [6.07, 6.45) is 0.569. The van der Waals surface area contributed by atoms with Crippen LogP contribution in [0.3, 0.4) is 0 Å². The molecule has 1 aromatic heterocycles. The van der Waals surface area contributed by atoms with Gasteiger partial charge in [-0.05, 0) is 37.1 Å². The Labute approximate surface area is 94.5 Å². The van der Waals surface area contributed by atoms with Gasteiger partial charge < -0.3 is 15.3 Å². The van der Waals surface area contributed by atoms with E-state index in [1.165, 1.54) is 0 Å². The van der Waals surface area contributed by atoms with Gasteiger partial charge in [-0.1, -0.05) is 12.1 Å². The predicted molar refractivity (Wildman–Crippen MR) is 64.1 cm³/mol. The van der Waals surface area contributed by atoms with Crippen molar-refractivity contribution in [3.8, 4) is 11.3 Å². The molecule has 16 heavy (non-hydrogen) atoms. The molecule has 2 rings (SSSR count). The summed E-state index contributed by atoms with van der Waals surface area (Å²) in [5.74, 6) is 1.64. The topological polar surface area (TPSA) is 59.4 Å². The van der Waals surface area contributed by atoms with Crippen LogP contribution in [0, 0.1) is 6.92 Å². The van der Waals surface area contributed by atoms with Gasteiger partial charge in [0.1, 0.15) is 11.5 Å². The quantitative estimate of drug-likeness (QED) is 0.776. The standard InChI is InChI=1S/C13H15NO2/c1-9-5-6-12(16-9)11-4-2-3-10(7-8-15)13(11)14/h2-6,15H,7-8,14H2,1H3. The minimum Gasteiger partial charge on any atom is -0.461 e. The number of hydrogen-bond donors (Lipinski definition) is 2. The average molecular weight is 217 g/mol. The molecule has 0 aliphatic carbocycles. The zero-order valence-electron chi connectivity index (χ0n) is 9.23.